The number of sulfonamides is 2. The molecule has 0 atom stereocenters. The van der Waals surface area contributed by atoms with E-state index in [2.05, 4.69) is 5.32 Å². The van der Waals surface area contributed by atoms with Crippen LogP contribution in [0.4, 0.5) is 5.69 Å². The van der Waals surface area contributed by atoms with Crippen LogP contribution in [0.5, 0.6) is 5.75 Å². The first kappa shape index (κ1) is 28.4. The van der Waals surface area contributed by atoms with Crippen molar-refractivity contribution in [3.05, 3.63) is 47.0 Å². The van der Waals surface area contributed by atoms with Gasteiger partial charge in [0.15, 0.2) is 0 Å². The fraction of sp³-hybridized carbons (Fsp3) is 0.458. The van der Waals surface area contributed by atoms with Crippen molar-refractivity contribution in [2.45, 2.75) is 49.3 Å². The van der Waals surface area contributed by atoms with Crippen molar-refractivity contribution in [1.29, 1.82) is 0 Å². The summed E-state index contributed by atoms with van der Waals surface area (Å²) < 4.78 is 60.5. The van der Waals surface area contributed by atoms with Crippen LogP contribution >= 0.6 is 11.6 Å². The highest BCUT2D eigenvalue weighted by atomic mass is 35.5. The Bertz CT molecular complexity index is 1300. The molecule has 1 fully saturated rings. The average molecular weight is 558 g/mol. The van der Waals surface area contributed by atoms with Gasteiger partial charge in [-0.05, 0) is 49.2 Å². The molecule has 1 N–H and O–H groups in total. The Hall–Kier alpha value is -2.18. The van der Waals surface area contributed by atoms with Crippen LogP contribution in [0.2, 0.25) is 5.02 Å². The van der Waals surface area contributed by atoms with Crippen molar-refractivity contribution in [1.82, 2.24) is 8.61 Å². The molecule has 0 spiro atoms. The molecule has 1 aliphatic heterocycles. The van der Waals surface area contributed by atoms with E-state index in [-0.39, 0.29) is 44.9 Å². The van der Waals surface area contributed by atoms with E-state index in [0.717, 1.165) is 25.7 Å². The minimum absolute atomic E-state index is 0.00145. The Kier molecular flexibility index (Phi) is 9.39. The molecule has 0 aromatic heterocycles. The third kappa shape index (κ3) is 6.03. The molecule has 0 aliphatic carbocycles. The SMILES string of the molecule is CCN(CC)S(=O)(=O)c1cc(C(=O)Nc2cc(S(=O)(=O)N3CCCCCC3)ccc2OC)ccc1Cl. The molecule has 3 rings (SSSR count). The second-order valence-electron chi connectivity index (χ2n) is 8.37. The van der Waals surface area contributed by atoms with Crippen LogP contribution in [0.3, 0.4) is 0 Å². The van der Waals surface area contributed by atoms with Crippen LogP contribution in [0.15, 0.2) is 46.2 Å². The summed E-state index contributed by atoms with van der Waals surface area (Å²) in [6, 6.07) is 8.27. The van der Waals surface area contributed by atoms with Crippen molar-refractivity contribution in [3.63, 3.8) is 0 Å². The fourth-order valence-corrected chi connectivity index (χ4v) is 7.62. The maximum absolute atomic E-state index is 13.2. The first-order valence-electron chi connectivity index (χ1n) is 11.9. The number of carbonyl (C=O) groups excluding carboxylic acids is 1. The zero-order valence-corrected chi connectivity index (χ0v) is 23.0. The van der Waals surface area contributed by atoms with E-state index in [0.29, 0.717) is 13.1 Å². The summed E-state index contributed by atoms with van der Waals surface area (Å²) >= 11 is 6.18. The zero-order chi connectivity index (χ0) is 26.5. The van der Waals surface area contributed by atoms with Crippen LogP contribution in [0.25, 0.3) is 0 Å². The largest absolute Gasteiger partial charge is 0.495 e. The van der Waals surface area contributed by atoms with E-state index < -0.39 is 26.0 Å². The van der Waals surface area contributed by atoms with E-state index in [1.165, 1.54) is 52.1 Å². The van der Waals surface area contributed by atoms with Crippen LogP contribution < -0.4 is 10.1 Å². The highest BCUT2D eigenvalue weighted by Crippen LogP contribution is 2.31. The predicted molar refractivity (Wildman–Crippen MR) is 140 cm³/mol. The van der Waals surface area contributed by atoms with Crippen molar-refractivity contribution in [2.75, 3.05) is 38.6 Å². The lowest BCUT2D eigenvalue weighted by molar-refractivity contribution is 0.102. The molecule has 36 heavy (non-hydrogen) atoms. The molecule has 1 aliphatic rings. The van der Waals surface area contributed by atoms with Gasteiger partial charge in [0, 0.05) is 31.7 Å². The number of ether oxygens (including phenoxy) is 1. The van der Waals surface area contributed by atoms with Gasteiger partial charge in [0.25, 0.3) is 5.91 Å². The molecular weight excluding hydrogens is 526 g/mol. The van der Waals surface area contributed by atoms with Gasteiger partial charge in [-0.3, -0.25) is 4.79 Å². The van der Waals surface area contributed by atoms with Gasteiger partial charge in [-0.25, -0.2) is 16.8 Å². The molecule has 12 heteroatoms. The molecular formula is C24H32ClN3O6S2. The molecule has 0 unspecified atom stereocenters. The maximum Gasteiger partial charge on any atom is 0.255 e. The molecule has 0 saturated carbocycles. The lowest BCUT2D eigenvalue weighted by Crippen LogP contribution is -2.32. The number of benzene rings is 2. The van der Waals surface area contributed by atoms with Crippen molar-refractivity contribution < 1.29 is 26.4 Å². The van der Waals surface area contributed by atoms with Crippen LogP contribution in [0, 0.1) is 0 Å². The van der Waals surface area contributed by atoms with E-state index >= 15 is 0 Å². The molecule has 0 radical (unpaired) electrons. The lowest BCUT2D eigenvalue weighted by atomic mass is 10.2. The monoisotopic (exact) mass is 557 g/mol. The minimum Gasteiger partial charge on any atom is -0.495 e. The first-order chi connectivity index (χ1) is 17.1. The maximum atomic E-state index is 13.2. The summed E-state index contributed by atoms with van der Waals surface area (Å²) in [7, 11) is -6.25. The number of hydrogen-bond donors (Lipinski definition) is 1. The minimum atomic E-state index is -3.90. The van der Waals surface area contributed by atoms with Gasteiger partial charge in [0.05, 0.1) is 22.7 Å². The Morgan fingerprint density at radius 2 is 1.64 bits per heavy atom. The van der Waals surface area contributed by atoms with E-state index in [4.69, 9.17) is 16.3 Å². The van der Waals surface area contributed by atoms with Crippen LogP contribution in [-0.4, -0.2) is 64.6 Å². The standard InChI is InChI=1S/C24H32ClN3O6S2/c1-4-27(5-2)36(32,33)23-16-18(10-12-20(23)25)24(29)26-21-17-19(11-13-22(21)34-3)35(30,31)28-14-8-6-7-9-15-28/h10-13,16-17H,4-9,14-15H2,1-3H3,(H,26,29). The van der Waals surface area contributed by atoms with Gasteiger partial charge in [-0.1, -0.05) is 38.3 Å². The number of amides is 1. The van der Waals surface area contributed by atoms with Crippen LogP contribution in [0.1, 0.15) is 49.9 Å². The summed E-state index contributed by atoms with van der Waals surface area (Å²) in [6.07, 6.45) is 3.58. The number of halogens is 1. The number of rotatable bonds is 9. The summed E-state index contributed by atoms with van der Waals surface area (Å²) in [5, 5.41) is 2.66. The fourth-order valence-electron chi connectivity index (χ4n) is 4.12. The Labute approximate surface area is 218 Å². The molecule has 0 bridgehead atoms. The number of nitrogens with one attached hydrogen (secondary N) is 1. The van der Waals surface area contributed by atoms with Gasteiger partial charge >= 0.3 is 0 Å². The van der Waals surface area contributed by atoms with Gasteiger partial charge in [0.2, 0.25) is 20.0 Å². The predicted octanol–water partition coefficient (Wildman–Crippen LogP) is 4.20. The Morgan fingerprint density at radius 3 is 2.22 bits per heavy atom. The van der Waals surface area contributed by atoms with Gasteiger partial charge in [0.1, 0.15) is 10.6 Å². The summed E-state index contributed by atoms with van der Waals surface area (Å²) in [5.41, 5.74) is 0.203. The summed E-state index contributed by atoms with van der Waals surface area (Å²) in [6.45, 7) is 4.83. The number of nitrogens with zero attached hydrogens (tertiary/aromatic N) is 2. The molecule has 198 valence electrons. The number of hydrogen-bond acceptors (Lipinski definition) is 6. The van der Waals surface area contributed by atoms with Gasteiger partial charge in [-0.15, -0.1) is 0 Å². The summed E-state index contributed by atoms with van der Waals surface area (Å²) in [5.74, 6) is -0.367. The number of methoxy groups -OCH3 is 1. The van der Waals surface area contributed by atoms with Crippen LogP contribution in [-0.2, 0) is 20.0 Å². The smallest absolute Gasteiger partial charge is 0.255 e. The van der Waals surface area contributed by atoms with Gasteiger partial charge < -0.3 is 10.1 Å². The second-order valence-corrected chi connectivity index (χ2v) is 12.6. The van der Waals surface area contributed by atoms with E-state index in [1.54, 1.807) is 13.8 Å². The molecule has 2 aromatic carbocycles. The van der Waals surface area contributed by atoms with E-state index in [1.807, 2.05) is 0 Å². The highest BCUT2D eigenvalue weighted by Gasteiger charge is 2.28. The molecule has 1 saturated heterocycles. The summed E-state index contributed by atoms with van der Waals surface area (Å²) in [4.78, 5) is 13.0. The molecule has 1 heterocycles. The third-order valence-corrected chi connectivity index (χ3v) is 10.6. The third-order valence-electron chi connectivity index (χ3n) is 6.14. The molecule has 9 nitrogen and oxygen atoms in total. The topological polar surface area (TPSA) is 113 Å². The molecule has 1 amide bonds. The first-order valence-corrected chi connectivity index (χ1v) is 15.1. The number of carbonyl (C=O) groups is 1. The Balaban J connectivity index is 1.94. The van der Waals surface area contributed by atoms with E-state index in [9.17, 15) is 21.6 Å². The van der Waals surface area contributed by atoms with Crippen molar-refractivity contribution in [3.8, 4) is 5.75 Å². The Morgan fingerprint density at radius 1 is 1.00 bits per heavy atom. The quantitative estimate of drug-likeness (QED) is 0.494. The zero-order valence-electron chi connectivity index (χ0n) is 20.7. The second kappa shape index (κ2) is 11.9. The normalized spacial score (nSPS) is 15.5. The average Bonchev–Trinajstić information content (AvgIpc) is 3.15. The van der Waals surface area contributed by atoms with Crippen molar-refractivity contribution in [2.24, 2.45) is 0 Å². The highest BCUT2D eigenvalue weighted by molar-refractivity contribution is 7.89. The molecule has 2 aromatic rings. The van der Waals surface area contributed by atoms with Gasteiger partial charge in [-0.2, -0.15) is 8.61 Å². The number of anilines is 1. The van der Waals surface area contributed by atoms with Crippen molar-refractivity contribution >= 4 is 43.2 Å². The lowest BCUT2D eigenvalue weighted by Gasteiger charge is -2.21.